The Morgan fingerprint density at radius 2 is 1.84 bits per heavy atom. The molecule has 0 atom stereocenters. The number of fused-ring (bicyclic) bond motifs is 1. The molecular weight excluding hydrogens is 386 g/mol. The van der Waals surface area contributed by atoms with Crippen molar-refractivity contribution in [2.45, 2.75) is 58.0 Å². The molecule has 2 amide bonds. The molecule has 162 valence electrons. The largest absolute Gasteiger partial charge is 0.335 e. The van der Waals surface area contributed by atoms with Crippen molar-refractivity contribution < 1.29 is 4.79 Å². The zero-order valence-electron chi connectivity index (χ0n) is 18.2. The van der Waals surface area contributed by atoms with E-state index in [0.717, 1.165) is 35.7 Å². The third-order valence-corrected chi connectivity index (χ3v) is 6.17. The smallest absolute Gasteiger partial charge is 0.317 e. The molecule has 31 heavy (non-hydrogen) atoms. The van der Waals surface area contributed by atoms with Gasteiger partial charge in [0.15, 0.2) is 0 Å². The number of nitrogens with one attached hydrogen (secondary N) is 2. The van der Waals surface area contributed by atoms with Gasteiger partial charge in [-0.25, -0.2) is 4.79 Å². The molecule has 1 aliphatic rings. The molecule has 2 aromatic carbocycles. The first kappa shape index (κ1) is 21.2. The molecule has 1 aliphatic carbocycles. The molecule has 0 unspecified atom stereocenters. The minimum Gasteiger partial charge on any atom is -0.335 e. The molecule has 0 spiro atoms. The summed E-state index contributed by atoms with van der Waals surface area (Å²) in [5.41, 5.74) is 3.63. The number of hydrogen-bond donors (Lipinski definition) is 2. The number of hydrogen-bond acceptors (Lipinski definition) is 2. The summed E-state index contributed by atoms with van der Waals surface area (Å²) in [4.78, 5) is 30.7. The highest BCUT2D eigenvalue weighted by Gasteiger charge is 2.21. The zero-order valence-corrected chi connectivity index (χ0v) is 18.2. The Morgan fingerprint density at radius 3 is 2.61 bits per heavy atom. The van der Waals surface area contributed by atoms with Crippen molar-refractivity contribution in [1.29, 1.82) is 0 Å². The summed E-state index contributed by atoms with van der Waals surface area (Å²) >= 11 is 0. The summed E-state index contributed by atoms with van der Waals surface area (Å²) in [6.45, 7) is 2.90. The Hall–Kier alpha value is -3.08. The summed E-state index contributed by atoms with van der Waals surface area (Å²) in [5.74, 6) is 0. The number of nitrogens with zero attached hydrogens (tertiary/aromatic N) is 1. The average molecular weight is 418 g/mol. The van der Waals surface area contributed by atoms with E-state index in [1.165, 1.54) is 24.8 Å². The van der Waals surface area contributed by atoms with Crippen LogP contribution in [0.1, 0.15) is 48.8 Å². The van der Waals surface area contributed by atoms with E-state index in [0.29, 0.717) is 18.7 Å². The Kier molecular flexibility index (Phi) is 6.70. The van der Waals surface area contributed by atoms with Crippen LogP contribution in [0, 0.1) is 6.92 Å². The van der Waals surface area contributed by atoms with Gasteiger partial charge in [0, 0.05) is 23.7 Å². The van der Waals surface area contributed by atoms with Gasteiger partial charge in [-0.3, -0.25) is 4.79 Å². The summed E-state index contributed by atoms with van der Waals surface area (Å²) in [5, 5.41) is 4.21. The van der Waals surface area contributed by atoms with E-state index in [-0.39, 0.29) is 17.6 Å². The lowest BCUT2D eigenvalue weighted by molar-refractivity contribution is 0.187. The van der Waals surface area contributed by atoms with E-state index in [9.17, 15) is 9.59 Å². The van der Waals surface area contributed by atoms with Crippen LogP contribution in [0.3, 0.4) is 0 Å². The molecule has 1 aromatic heterocycles. The number of H-pyrrole nitrogens is 1. The Bertz CT molecular complexity index is 1080. The van der Waals surface area contributed by atoms with Crippen LogP contribution in [0.25, 0.3) is 10.9 Å². The van der Waals surface area contributed by atoms with Gasteiger partial charge in [0.25, 0.3) is 5.56 Å². The second-order valence-electron chi connectivity index (χ2n) is 8.66. The van der Waals surface area contributed by atoms with Gasteiger partial charge in [-0.1, -0.05) is 61.2 Å². The van der Waals surface area contributed by atoms with E-state index in [4.69, 9.17) is 0 Å². The van der Waals surface area contributed by atoms with Crippen molar-refractivity contribution in [3.63, 3.8) is 0 Å². The quantitative estimate of drug-likeness (QED) is 0.598. The molecule has 0 bridgehead atoms. The lowest BCUT2D eigenvalue weighted by atomic mass is 9.96. The number of benzene rings is 2. The molecule has 2 N–H and O–H groups in total. The summed E-state index contributed by atoms with van der Waals surface area (Å²) in [6.07, 6.45) is 6.40. The third-order valence-electron chi connectivity index (χ3n) is 6.17. The summed E-state index contributed by atoms with van der Waals surface area (Å²) < 4.78 is 0. The molecular formula is C26H31N3O2. The van der Waals surface area contributed by atoms with E-state index in [1.807, 2.05) is 43.3 Å². The van der Waals surface area contributed by atoms with Crippen molar-refractivity contribution in [3.05, 3.63) is 81.6 Å². The van der Waals surface area contributed by atoms with Crippen LogP contribution in [-0.4, -0.2) is 28.5 Å². The van der Waals surface area contributed by atoms with Gasteiger partial charge in [-0.15, -0.1) is 0 Å². The number of aromatic nitrogens is 1. The fourth-order valence-electron chi connectivity index (χ4n) is 4.37. The number of carbonyl (C=O) groups is 1. The standard InChI is InChI=1S/C26H31N3O2/c1-19-12-13-24-21(16-19)17-22(25(30)28-24)18-29(15-14-20-8-4-2-5-9-20)26(31)27-23-10-6-3-7-11-23/h2,4-5,8-9,12-13,16-17,23H,3,6-7,10-11,14-15,18H2,1H3,(H,27,31)(H,28,30). The highest BCUT2D eigenvalue weighted by atomic mass is 16.2. The molecule has 1 fully saturated rings. The van der Waals surface area contributed by atoms with Crippen molar-refractivity contribution >= 4 is 16.9 Å². The van der Waals surface area contributed by atoms with Gasteiger partial charge in [0.05, 0.1) is 6.54 Å². The highest BCUT2D eigenvalue weighted by molar-refractivity contribution is 5.80. The van der Waals surface area contributed by atoms with Crippen LogP contribution >= 0.6 is 0 Å². The summed E-state index contributed by atoms with van der Waals surface area (Å²) in [6, 6.07) is 18.2. The molecule has 3 aromatic rings. The van der Waals surface area contributed by atoms with Gasteiger partial charge in [0.2, 0.25) is 0 Å². The van der Waals surface area contributed by atoms with Crippen molar-refractivity contribution in [3.8, 4) is 0 Å². The Morgan fingerprint density at radius 1 is 1.06 bits per heavy atom. The number of urea groups is 1. The second kappa shape index (κ2) is 9.82. The topological polar surface area (TPSA) is 65.2 Å². The monoisotopic (exact) mass is 417 g/mol. The number of aryl methyl sites for hydroxylation is 1. The highest BCUT2D eigenvalue weighted by Crippen LogP contribution is 2.18. The molecule has 1 heterocycles. The molecule has 0 radical (unpaired) electrons. The predicted molar refractivity (Wildman–Crippen MR) is 125 cm³/mol. The third kappa shape index (κ3) is 5.54. The maximum atomic E-state index is 13.2. The number of pyridine rings is 1. The maximum Gasteiger partial charge on any atom is 0.317 e. The van der Waals surface area contributed by atoms with Crippen LogP contribution in [0.5, 0.6) is 0 Å². The van der Waals surface area contributed by atoms with Gasteiger partial charge in [-0.2, -0.15) is 0 Å². The van der Waals surface area contributed by atoms with Crippen molar-refractivity contribution in [2.24, 2.45) is 0 Å². The molecule has 1 saturated carbocycles. The molecule has 0 saturated heterocycles. The Labute approximate surface area is 183 Å². The van der Waals surface area contributed by atoms with Crippen molar-refractivity contribution in [2.75, 3.05) is 6.54 Å². The first-order valence-electron chi connectivity index (χ1n) is 11.3. The van der Waals surface area contributed by atoms with E-state index >= 15 is 0 Å². The van der Waals surface area contributed by atoms with Gasteiger partial charge < -0.3 is 15.2 Å². The number of rotatable bonds is 6. The second-order valence-corrected chi connectivity index (χ2v) is 8.66. The summed E-state index contributed by atoms with van der Waals surface area (Å²) in [7, 11) is 0. The SMILES string of the molecule is Cc1ccc2[nH]c(=O)c(CN(CCc3ccccc3)C(=O)NC3CCCCC3)cc2c1. The predicted octanol–water partition coefficient (Wildman–Crippen LogP) is 4.92. The van der Waals surface area contributed by atoms with E-state index in [1.54, 1.807) is 4.90 Å². The normalized spacial score (nSPS) is 14.5. The fraction of sp³-hybridized carbons (Fsp3) is 0.385. The first-order chi connectivity index (χ1) is 15.1. The first-order valence-corrected chi connectivity index (χ1v) is 11.3. The minimum atomic E-state index is -0.133. The molecule has 0 aliphatic heterocycles. The zero-order chi connectivity index (χ0) is 21.6. The number of amides is 2. The van der Waals surface area contributed by atoms with Crippen LogP contribution < -0.4 is 10.9 Å². The number of aromatic amines is 1. The average Bonchev–Trinajstić information content (AvgIpc) is 2.78. The van der Waals surface area contributed by atoms with Crippen LogP contribution in [0.4, 0.5) is 4.79 Å². The van der Waals surface area contributed by atoms with Crippen molar-refractivity contribution in [1.82, 2.24) is 15.2 Å². The molecule has 5 heteroatoms. The van der Waals surface area contributed by atoms with Gasteiger partial charge >= 0.3 is 6.03 Å². The maximum absolute atomic E-state index is 13.2. The van der Waals surface area contributed by atoms with Gasteiger partial charge in [0.1, 0.15) is 0 Å². The molecule has 4 rings (SSSR count). The molecule has 5 nitrogen and oxygen atoms in total. The lowest BCUT2D eigenvalue weighted by Crippen LogP contribution is -2.46. The minimum absolute atomic E-state index is 0.0772. The van der Waals surface area contributed by atoms with E-state index in [2.05, 4.69) is 28.5 Å². The van der Waals surface area contributed by atoms with Gasteiger partial charge in [-0.05, 0) is 55.3 Å². The fourth-order valence-corrected chi connectivity index (χ4v) is 4.37. The van der Waals surface area contributed by atoms with Crippen LogP contribution in [-0.2, 0) is 13.0 Å². The van der Waals surface area contributed by atoms with Crippen LogP contribution in [0.2, 0.25) is 0 Å². The van der Waals surface area contributed by atoms with Crippen LogP contribution in [0.15, 0.2) is 59.4 Å². The lowest BCUT2D eigenvalue weighted by Gasteiger charge is -2.28. The Balaban J connectivity index is 1.55. The number of carbonyl (C=O) groups excluding carboxylic acids is 1. The van der Waals surface area contributed by atoms with E-state index < -0.39 is 0 Å².